The summed E-state index contributed by atoms with van der Waals surface area (Å²) in [6, 6.07) is 23.9. The van der Waals surface area contributed by atoms with Crippen LogP contribution in [0.1, 0.15) is 59.9 Å². The number of aryl methyl sites for hydroxylation is 1. The summed E-state index contributed by atoms with van der Waals surface area (Å²) >= 11 is 0. The first-order valence-corrected chi connectivity index (χ1v) is 14.5. The molecule has 1 amide bonds. The molecule has 0 unspecified atom stereocenters. The Morgan fingerprint density at radius 1 is 0.976 bits per heavy atom. The number of carbonyl (C=O) groups excluding carboxylic acids is 1. The third-order valence-corrected chi connectivity index (χ3v) is 8.84. The number of carbonyl (C=O) groups is 1. The average Bonchev–Trinajstić information content (AvgIpc) is 3.86. The minimum Gasteiger partial charge on any atom is -0.327 e. The van der Waals surface area contributed by atoms with Gasteiger partial charge in [-0.05, 0) is 73.1 Å². The fourth-order valence-electron chi connectivity index (χ4n) is 6.40. The topological polar surface area (TPSA) is 118 Å². The van der Waals surface area contributed by atoms with Crippen molar-refractivity contribution in [1.82, 2.24) is 25.1 Å². The average molecular weight is 557 g/mol. The maximum absolute atomic E-state index is 14.7. The molecule has 1 saturated carbocycles. The molecule has 2 aliphatic rings. The Labute approximate surface area is 243 Å². The summed E-state index contributed by atoms with van der Waals surface area (Å²) in [5.41, 5.74) is 11.7. The van der Waals surface area contributed by atoms with Gasteiger partial charge < -0.3 is 10.6 Å². The predicted molar refractivity (Wildman–Crippen MR) is 161 cm³/mol. The number of hydrogen-bond acceptors (Lipinski definition) is 6. The van der Waals surface area contributed by atoms with Crippen LogP contribution in [0.25, 0.3) is 21.9 Å². The molecule has 0 aliphatic heterocycles. The fraction of sp³-hybridized carbons (Fsp3) is 0.265. The molecule has 3 heterocycles. The van der Waals surface area contributed by atoms with Crippen molar-refractivity contribution < 1.29 is 4.79 Å². The van der Waals surface area contributed by atoms with Gasteiger partial charge in [-0.2, -0.15) is 5.10 Å². The quantitative estimate of drug-likeness (QED) is 0.292. The van der Waals surface area contributed by atoms with E-state index in [1.54, 1.807) is 6.07 Å². The number of H-pyrrole nitrogens is 1. The van der Waals surface area contributed by atoms with Gasteiger partial charge in [-0.25, -0.2) is 5.10 Å². The van der Waals surface area contributed by atoms with Crippen LogP contribution in [0, 0.1) is 0 Å². The molecule has 8 heteroatoms. The lowest BCUT2D eigenvalue weighted by molar-refractivity contribution is -0.137. The molecule has 2 aliphatic carbocycles. The van der Waals surface area contributed by atoms with Crippen molar-refractivity contribution in [3.63, 3.8) is 0 Å². The first-order chi connectivity index (χ1) is 20.6. The third kappa shape index (κ3) is 4.58. The normalized spacial score (nSPS) is 17.0. The molecule has 0 bridgehead atoms. The van der Waals surface area contributed by atoms with E-state index in [0.717, 1.165) is 60.2 Å². The van der Waals surface area contributed by atoms with Crippen molar-refractivity contribution in [1.29, 1.82) is 0 Å². The zero-order valence-electron chi connectivity index (χ0n) is 23.3. The number of rotatable bonds is 7. The van der Waals surface area contributed by atoms with Crippen molar-refractivity contribution in [2.75, 3.05) is 0 Å². The Morgan fingerprint density at radius 3 is 2.60 bits per heavy atom. The largest absolute Gasteiger partial charge is 0.327 e. The molecule has 7 rings (SSSR count). The third-order valence-electron chi connectivity index (χ3n) is 8.84. The van der Waals surface area contributed by atoms with Crippen LogP contribution in [0.2, 0.25) is 0 Å². The number of nitrogens with zero attached hydrogens (tertiary/aromatic N) is 4. The summed E-state index contributed by atoms with van der Waals surface area (Å²) in [7, 11) is 0. The van der Waals surface area contributed by atoms with Crippen molar-refractivity contribution in [3.05, 3.63) is 124 Å². The summed E-state index contributed by atoms with van der Waals surface area (Å²) in [6.45, 7) is 0.582. The smallest absolute Gasteiger partial charge is 0.272 e. The van der Waals surface area contributed by atoms with Gasteiger partial charge in [0.25, 0.3) is 5.56 Å². The van der Waals surface area contributed by atoms with Crippen LogP contribution >= 0.6 is 0 Å². The number of pyridine rings is 2. The number of aromatic nitrogens is 4. The van der Waals surface area contributed by atoms with Crippen LogP contribution < -0.4 is 11.3 Å². The van der Waals surface area contributed by atoms with Crippen LogP contribution in [0.3, 0.4) is 0 Å². The number of fused-ring (bicyclic) bond motifs is 2. The second-order valence-electron chi connectivity index (χ2n) is 11.3. The molecule has 0 radical (unpaired) electrons. The Kier molecular flexibility index (Phi) is 6.63. The van der Waals surface area contributed by atoms with E-state index in [9.17, 15) is 9.59 Å². The summed E-state index contributed by atoms with van der Waals surface area (Å²) in [4.78, 5) is 38.8. The number of hydrogen-bond donors (Lipinski definition) is 2. The van der Waals surface area contributed by atoms with Gasteiger partial charge in [0, 0.05) is 29.9 Å². The molecule has 1 fully saturated rings. The Morgan fingerprint density at radius 2 is 1.83 bits per heavy atom. The van der Waals surface area contributed by atoms with E-state index in [2.05, 4.69) is 34.5 Å². The molecule has 8 nitrogen and oxygen atoms in total. The monoisotopic (exact) mass is 556 g/mol. The molecule has 5 aromatic rings. The Bertz CT molecular complexity index is 1830. The van der Waals surface area contributed by atoms with Crippen LogP contribution in [-0.4, -0.2) is 31.0 Å². The Hall–Kier alpha value is -4.69. The minimum atomic E-state index is -0.668. The SMILES string of the molecule is NCc1n[nH]c(=O)c2ccc(C3(C(=O)N(Cc4ccc(-c5ccccc5)cn4)[C@H]4CCCc5cccnc54)CC3)cc12. The predicted octanol–water partition coefficient (Wildman–Crippen LogP) is 4.98. The first kappa shape index (κ1) is 26.2. The zero-order valence-corrected chi connectivity index (χ0v) is 23.3. The second kappa shape index (κ2) is 10.6. The van der Waals surface area contributed by atoms with E-state index in [0.29, 0.717) is 23.0 Å². The van der Waals surface area contributed by atoms with E-state index in [1.807, 2.05) is 59.8 Å². The number of amides is 1. The lowest BCUT2D eigenvalue weighted by Gasteiger charge is -2.37. The standard InChI is InChI=1S/C34H32N6O2/c35-19-29-28-18-25(12-14-27(28)32(41)39-38-29)34(15-16-34)33(42)40(30-10-4-8-23-9-5-17-36-31(23)30)21-26-13-11-24(20-37-26)22-6-2-1-3-7-22/h1-3,5-7,9,11-14,17-18,20,30H,4,8,10,15-16,19,21,35H2,(H,39,41)/t30-/m0/s1. The van der Waals surface area contributed by atoms with Gasteiger partial charge in [-0.15, -0.1) is 0 Å². The molecule has 42 heavy (non-hydrogen) atoms. The maximum atomic E-state index is 14.7. The number of benzene rings is 2. The highest BCUT2D eigenvalue weighted by Crippen LogP contribution is 2.52. The van der Waals surface area contributed by atoms with Crippen molar-refractivity contribution in [2.24, 2.45) is 5.73 Å². The second-order valence-corrected chi connectivity index (χ2v) is 11.3. The summed E-state index contributed by atoms with van der Waals surface area (Å²) < 4.78 is 0. The summed E-state index contributed by atoms with van der Waals surface area (Å²) in [6.07, 6.45) is 7.99. The van der Waals surface area contributed by atoms with E-state index in [4.69, 9.17) is 15.7 Å². The van der Waals surface area contributed by atoms with Crippen molar-refractivity contribution in [2.45, 2.75) is 56.7 Å². The minimum absolute atomic E-state index is 0.0754. The molecule has 0 saturated heterocycles. The van der Waals surface area contributed by atoms with E-state index in [1.165, 1.54) is 5.56 Å². The van der Waals surface area contributed by atoms with Crippen LogP contribution in [0.4, 0.5) is 0 Å². The van der Waals surface area contributed by atoms with Gasteiger partial charge in [0.15, 0.2) is 0 Å². The van der Waals surface area contributed by atoms with Gasteiger partial charge >= 0.3 is 0 Å². The summed E-state index contributed by atoms with van der Waals surface area (Å²) in [5, 5.41) is 7.92. The molecule has 3 aromatic heterocycles. The van der Waals surface area contributed by atoms with Crippen molar-refractivity contribution >= 4 is 16.7 Å². The van der Waals surface area contributed by atoms with E-state index < -0.39 is 5.41 Å². The highest BCUT2D eigenvalue weighted by molar-refractivity contribution is 5.94. The molecule has 0 spiro atoms. The van der Waals surface area contributed by atoms with E-state index >= 15 is 0 Å². The maximum Gasteiger partial charge on any atom is 0.272 e. The summed E-state index contributed by atoms with van der Waals surface area (Å²) in [5.74, 6) is 0.0754. The number of nitrogens with one attached hydrogen (secondary N) is 1. The highest BCUT2D eigenvalue weighted by Gasteiger charge is 2.54. The first-order valence-electron chi connectivity index (χ1n) is 14.5. The molecular formula is C34H32N6O2. The lowest BCUT2D eigenvalue weighted by atomic mass is 9.87. The Balaban J connectivity index is 1.28. The molecule has 210 valence electrons. The van der Waals surface area contributed by atoms with Gasteiger partial charge in [0.1, 0.15) is 0 Å². The van der Waals surface area contributed by atoms with Crippen LogP contribution in [0.5, 0.6) is 0 Å². The van der Waals surface area contributed by atoms with Gasteiger partial charge in [0.05, 0.1) is 40.5 Å². The van der Waals surface area contributed by atoms with Gasteiger partial charge in [-0.1, -0.05) is 48.5 Å². The molecule has 2 aromatic carbocycles. The molecule has 1 atom stereocenters. The zero-order chi connectivity index (χ0) is 28.7. The molecule has 3 N–H and O–H groups in total. The molecular weight excluding hydrogens is 524 g/mol. The number of aromatic amines is 1. The van der Waals surface area contributed by atoms with Crippen molar-refractivity contribution in [3.8, 4) is 11.1 Å². The number of nitrogens with two attached hydrogens (primary N) is 1. The van der Waals surface area contributed by atoms with Gasteiger partial charge in [-0.3, -0.25) is 19.6 Å². The van der Waals surface area contributed by atoms with Crippen LogP contribution in [-0.2, 0) is 29.7 Å². The van der Waals surface area contributed by atoms with Gasteiger partial charge in [0.2, 0.25) is 5.91 Å². The fourth-order valence-corrected chi connectivity index (χ4v) is 6.40. The van der Waals surface area contributed by atoms with Crippen LogP contribution in [0.15, 0.2) is 90.0 Å². The lowest BCUT2D eigenvalue weighted by Crippen LogP contribution is -2.43. The van der Waals surface area contributed by atoms with E-state index in [-0.39, 0.29) is 24.1 Å². The highest BCUT2D eigenvalue weighted by atomic mass is 16.2.